The number of nitrogens with zero attached hydrogens (tertiary/aromatic N) is 1. The number of benzene rings is 1. The Kier molecular flexibility index (Phi) is 4.48. The number of hydrogen-bond donors (Lipinski definition) is 2. The molecule has 0 saturated heterocycles. The maximum Gasteiger partial charge on any atom is 0.240 e. The minimum Gasteiger partial charge on any atom is -0.364 e. The Morgan fingerprint density at radius 2 is 2.10 bits per heavy atom. The highest BCUT2D eigenvalue weighted by molar-refractivity contribution is 7.89. The van der Waals surface area contributed by atoms with E-state index >= 15 is 0 Å². The lowest BCUT2D eigenvalue weighted by atomic mass is 10.2. The lowest BCUT2D eigenvalue weighted by molar-refractivity contribution is 0.411. The van der Waals surface area contributed by atoms with Gasteiger partial charge in [-0.25, -0.2) is 17.5 Å². The third kappa shape index (κ3) is 3.41. The molecule has 1 aromatic carbocycles. The van der Waals surface area contributed by atoms with Crippen molar-refractivity contribution in [2.24, 2.45) is 0 Å². The number of hydrogen-bond acceptors (Lipinski definition) is 5. The summed E-state index contributed by atoms with van der Waals surface area (Å²) < 4.78 is 44.6. The molecule has 2 N–H and O–H groups in total. The van der Waals surface area contributed by atoms with Crippen LogP contribution < -0.4 is 10.0 Å². The van der Waals surface area contributed by atoms with Crippen LogP contribution in [-0.2, 0) is 23.1 Å². The summed E-state index contributed by atoms with van der Waals surface area (Å²) in [6.07, 6.45) is 1.35. The molecule has 8 heteroatoms. The molecule has 0 aliphatic rings. The van der Waals surface area contributed by atoms with Crippen LogP contribution in [0, 0.1) is 5.82 Å². The number of nitrogens with one attached hydrogen (secondary N) is 2. The van der Waals surface area contributed by atoms with Crippen LogP contribution in [0.15, 0.2) is 39.9 Å². The van der Waals surface area contributed by atoms with E-state index in [4.69, 9.17) is 0 Å². The summed E-state index contributed by atoms with van der Waals surface area (Å²) in [5, 5.41) is 6.38. The van der Waals surface area contributed by atoms with Gasteiger partial charge in [-0.3, -0.25) is 0 Å². The van der Waals surface area contributed by atoms with Crippen molar-refractivity contribution in [1.29, 1.82) is 0 Å². The predicted octanol–water partition coefficient (Wildman–Crippen LogP) is 1.01. The highest BCUT2D eigenvalue weighted by Crippen LogP contribution is 2.15. The van der Waals surface area contributed by atoms with E-state index in [0.29, 0.717) is 5.69 Å². The average molecular weight is 299 g/mol. The number of aromatic nitrogens is 1. The van der Waals surface area contributed by atoms with Gasteiger partial charge in [0.1, 0.15) is 12.1 Å². The summed E-state index contributed by atoms with van der Waals surface area (Å²) in [4.78, 5) is 0.00708. The Hall–Kier alpha value is -1.77. The quantitative estimate of drug-likeness (QED) is 0.831. The van der Waals surface area contributed by atoms with Crippen molar-refractivity contribution in [1.82, 2.24) is 15.2 Å². The van der Waals surface area contributed by atoms with Gasteiger partial charge in [-0.05, 0) is 25.2 Å². The Bertz CT molecular complexity index is 671. The van der Waals surface area contributed by atoms with E-state index in [2.05, 4.69) is 19.7 Å². The monoisotopic (exact) mass is 299 g/mol. The molecule has 0 spiro atoms. The summed E-state index contributed by atoms with van der Waals surface area (Å²) in [5.74, 6) is -0.449. The first-order valence-electron chi connectivity index (χ1n) is 5.85. The minimum atomic E-state index is -3.72. The van der Waals surface area contributed by atoms with Crippen LogP contribution in [0.2, 0.25) is 0 Å². The van der Waals surface area contributed by atoms with E-state index < -0.39 is 15.8 Å². The molecule has 6 nitrogen and oxygen atoms in total. The van der Waals surface area contributed by atoms with E-state index in [1.807, 2.05) is 0 Å². The topological polar surface area (TPSA) is 84.2 Å². The second-order valence-electron chi connectivity index (χ2n) is 4.10. The first-order chi connectivity index (χ1) is 9.53. The molecule has 20 heavy (non-hydrogen) atoms. The molecule has 0 bridgehead atoms. The molecule has 0 amide bonds. The van der Waals surface area contributed by atoms with Gasteiger partial charge in [-0.15, -0.1) is 0 Å². The summed E-state index contributed by atoms with van der Waals surface area (Å²) in [6, 6.07) is 5.22. The van der Waals surface area contributed by atoms with Crippen LogP contribution in [0.1, 0.15) is 11.3 Å². The molecule has 0 radical (unpaired) electrons. The van der Waals surface area contributed by atoms with Crippen LogP contribution in [-0.4, -0.2) is 20.6 Å². The molecule has 1 aromatic heterocycles. The molecule has 0 atom stereocenters. The van der Waals surface area contributed by atoms with Gasteiger partial charge in [0.2, 0.25) is 10.0 Å². The van der Waals surface area contributed by atoms with Crippen LogP contribution in [0.4, 0.5) is 4.39 Å². The standard InChI is InChI=1S/C12H14FN3O3S/c1-14-7-9-6-11(2-3-12(9)13)20(17,18)15-8-10-4-5-19-16-10/h2-6,14-15H,7-8H2,1H3. The normalized spacial score (nSPS) is 11.7. The van der Waals surface area contributed by atoms with Crippen LogP contribution >= 0.6 is 0 Å². The average Bonchev–Trinajstić information content (AvgIpc) is 2.92. The van der Waals surface area contributed by atoms with Crippen molar-refractivity contribution in [2.45, 2.75) is 18.0 Å². The van der Waals surface area contributed by atoms with Gasteiger partial charge in [0.25, 0.3) is 0 Å². The van der Waals surface area contributed by atoms with Crippen LogP contribution in [0.3, 0.4) is 0 Å². The van der Waals surface area contributed by atoms with Crippen LogP contribution in [0.5, 0.6) is 0 Å². The smallest absolute Gasteiger partial charge is 0.240 e. The maximum absolute atomic E-state index is 13.5. The first kappa shape index (κ1) is 14.6. The highest BCUT2D eigenvalue weighted by atomic mass is 32.2. The Balaban J connectivity index is 2.18. The molecule has 1 heterocycles. The van der Waals surface area contributed by atoms with Gasteiger partial charge in [0.05, 0.1) is 17.1 Å². The van der Waals surface area contributed by atoms with Crippen molar-refractivity contribution in [3.05, 3.63) is 47.6 Å². The fourth-order valence-corrected chi connectivity index (χ4v) is 2.67. The largest absolute Gasteiger partial charge is 0.364 e. The van der Waals surface area contributed by atoms with Crippen molar-refractivity contribution in [3.63, 3.8) is 0 Å². The summed E-state index contributed by atoms with van der Waals surface area (Å²) in [5.41, 5.74) is 0.753. The fourth-order valence-electron chi connectivity index (χ4n) is 1.63. The molecule has 0 aliphatic heterocycles. The number of halogens is 1. The number of sulfonamides is 1. The van der Waals surface area contributed by atoms with E-state index in [1.165, 1.54) is 18.4 Å². The molecule has 2 rings (SSSR count). The molecule has 0 unspecified atom stereocenters. The van der Waals surface area contributed by atoms with E-state index in [1.54, 1.807) is 13.1 Å². The second-order valence-corrected chi connectivity index (χ2v) is 5.87. The Morgan fingerprint density at radius 1 is 1.30 bits per heavy atom. The summed E-state index contributed by atoms with van der Waals surface area (Å²) in [6.45, 7) is 0.260. The molecular formula is C12H14FN3O3S. The minimum absolute atomic E-state index is 0.00708. The molecule has 0 aliphatic carbocycles. The third-order valence-electron chi connectivity index (χ3n) is 2.63. The summed E-state index contributed by atoms with van der Waals surface area (Å²) in [7, 11) is -2.06. The predicted molar refractivity (Wildman–Crippen MR) is 69.7 cm³/mol. The van der Waals surface area contributed by atoms with Crippen molar-refractivity contribution in [3.8, 4) is 0 Å². The second kappa shape index (κ2) is 6.12. The molecule has 0 fully saturated rings. The zero-order valence-electron chi connectivity index (χ0n) is 10.8. The zero-order chi connectivity index (χ0) is 14.6. The van der Waals surface area contributed by atoms with Gasteiger partial charge in [-0.1, -0.05) is 5.16 Å². The van der Waals surface area contributed by atoms with Crippen LogP contribution in [0.25, 0.3) is 0 Å². The fraction of sp³-hybridized carbons (Fsp3) is 0.250. The van der Waals surface area contributed by atoms with Gasteiger partial charge < -0.3 is 9.84 Å². The van der Waals surface area contributed by atoms with Crippen molar-refractivity contribution >= 4 is 10.0 Å². The van der Waals surface area contributed by atoms with E-state index in [-0.39, 0.29) is 23.5 Å². The maximum atomic E-state index is 13.5. The van der Waals surface area contributed by atoms with Gasteiger partial charge >= 0.3 is 0 Å². The zero-order valence-corrected chi connectivity index (χ0v) is 11.6. The molecular weight excluding hydrogens is 285 g/mol. The first-order valence-corrected chi connectivity index (χ1v) is 7.33. The summed E-state index contributed by atoms with van der Waals surface area (Å²) >= 11 is 0. The van der Waals surface area contributed by atoms with Gasteiger partial charge in [-0.2, -0.15) is 0 Å². The lowest BCUT2D eigenvalue weighted by Gasteiger charge is -2.08. The van der Waals surface area contributed by atoms with E-state index in [0.717, 1.165) is 6.07 Å². The lowest BCUT2D eigenvalue weighted by Crippen LogP contribution is -2.23. The highest BCUT2D eigenvalue weighted by Gasteiger charge is 2.16. The number of rotatable bonds is 6. The van der Waals surface area contributed by atoms with E-state index in [9.17, 15) is 12.8 Å². The molecule has 108 valence electrons. The molecule has 0 saturated carbocycles. The Labute approximate surface area is 116 Å². The Morgan fingerprint density at radius 3 is 2.75 bits per heavy atom. The molecule has 2 aromatic rings. The van der Waals surface area contributed by atoms with Gasteiger partial charge in [0, 0.05) is 18.2 Å². The van der Waals surface area contributed by atoms with Crippen molar-refractivity contribution < 1.29 is 17.3 Å². The SMILES string of the molecule is CNCc1cc(S(=O)(=O)NCc2ccon2)ccc1F. The third-order valence-corrected chi connectivity index (χ3v) is 4.03. The van der Waals surface area contributed by atoms with Gasteiger partial charge in [0.15, 0.2) is 0 Å². The van der Waals surface area contributed by atoms with Crippen molar-refractivity contribution in [2.75, 3.05) is 7.05 Å².